The highest BCUT2D eigenvalue weighted by atomic mass is 127. The Morgan fingerprint density at radius 2 is 1.80 bits per heavy atom. The van der Waals surface area contributed by atoms with Gasteiger partial charge in [0.2, 0.25) is 0 Å². The average Bonchev–Trinajstić information content (AvgIpc) is 3.61. The van der Waals surface area contributed by atoms with Gasteiger partial charge in [-0.05, 0) is 67.6 Å². The van der Waals surface area contributed by atoms with Gasteiger partial charge >= 0.3 is 0 Å². The number of rotatable bonds is 6. The number of aromatic nitrogens is 5. The number of benzene rings is 3. The highest BCUT2D eigenvalue weighted by molar-refractivity contribution is 14.1. The molecule has 3 heterocycles. The molecule has 6 rings (SSSR count). The Morgan fingerprint density at radius 3 is 2.54 bits per heavy atom. The van der Waals surface area contributed by atoms with Crippen LogP contribution >= 0.6 is 22.9 Å². The Labute approximate surface area is 244 Å². The molecule has 0 spiro atoms. The van der Waals surface area contributed by atoms with Crippen LogP contribution in [0, 0.1) is 18.6 Å². The molecule has 12 heteroatoms. The largest absolute Gasteiger partial charge is 0.454 e. The van der Waals surface area contributed by atoms with E-state index in [1.54, 1.807) is 40.5 Å². The molecule has 1 amide bonds. The second-order valence-corrected chi connectivity index (χ2v) is 10.0. The van der Waals surface area contributed by atoms with Crippen molar-refractivity contribution in [3.63, 3.8) is 0 Å². The Kier molecular flexibility index (Phi) is 6.83. The normalized spacial score (nSPS) is 11.1. The molecule has 2 N–H and O–H groups in total. The summed E-state index contributed by atoms with van der Waals surface area (Å²) >= 11 is 2.07. The van der Waals surface area contributed by atoms with E-state index in [0.29, 0.717) is 22.7 Å². The van der Waals surface area contributed by atoms with E-state index in [9.17, 15) is 14.0 Å². The van der Waals surface area contributed by atoms with E-state index in [-0.39, 0.29) is 17.0 Å². The molecular weight excluding hydrogens is 645 g/mol. The van der Waals surface area contributed by atoms with Crippen LogP contribution in [0.3, 0.4) is 0 Å². The molecule has 0 aliphatic carbocycles. The number of anilines is 1. The Morgan fingerprint density at radius 1 is 1.00 bits per heavy atom. The number of amides is 1. The molecule has 204 valence electrons. The molecule has 0 atom stereocenters. The topological polar surface area (TPSA) is 107 Å². The molecule has 0 aliphatic rings. The van der Waals surface area contributed by atoms with Crippen LogP contribution in [0.15, 0.2) is 90.1 Å². The summed E-state index contributed by atoms with van der Waals surface area (Å²) < 4.78 is 37.6. The fourth-order valence-electron chi connectivity index (χ4n) is 4.42. The molecule has 0 fully saturated rings. The lowest BCUT2D eigenvalue weighted by Crippen LogP contribution is -2.29. The zero-order valence-electron chi connectivity index (χ0n) is 21.2. The maximum Gasteiger partial charge on any atom is 0.268 e. The molecule has 9 nitrogen and oxygen atoms in total. The Balaban J connectivity index is 1.27. The van der Waals surface area contributed by atoms with Crippen molar-refractivity contribution >= 4 is 45.4 Å². The summed E-state index contributed by atoms with van der Waals surface area (Å²) in [7, 11) is 0. The van der Waals surface area contributed by atoms with Gasteiger partial charge in [0, 0.05) is 45.8 Å². The second kappa shape index (κ2) is 10.6. The van der Waals surface area contributed by atoms with E-state index in [4.69, 9.17) is 4.74 Å². The van der Waals surface area contributed by atoms with Crippen molar-refractivity contribution in [3.8, 4) is 28.3 Å². The highest BCUT2D eigenvalue weighted by Crippen LogP contribution is 2.38. The molecule has 3 aromatic heterocycles. The number of carbonyl (C=O) groups excluding carboxylic acids is 1. The van der Waals surface area contributed by atoms with Crippen LogP contribution in [-0.2, 0) is 0 Å². The van der Waals surface area contributed by atoms with Crippen molar-refractivity contribution in [2.75, 3.05) is 5.32 Å². The van der Waals surface area contributed by atoms with Crippen LogP contribution in [0.25, 0.3) is 27.7 Å². The molecule has 0 radical (unpaired) electrons. The first kappa shape index (κ1) is 26.4. The van der Waals surface area contributed by atoms with Crippen LogP contribution in [0.4, 0.5) is 14.5 Å². The third-order valence-electron chi connectivity index (χ3n) is 6.45. The van der Waals surface area contributed by atoms with Gasteiger partial charge in [-0.15, -0.1) is 0 Å². The van der Waals surface area contributed by atoms with Gasteiger partial charge in [-0.3, -0.25) is 19.3 Å². The second-order valence-electron chi connectivity index (χ2n) is 9.11. The van der Waals surface area contributed by atoms with E-state index < -0.39 is 23.1 Å². The van der Waals surface area contributed by atoms with E-state index in [0.717, 1.165) is 22.5 Å². The number of pyridine rings is 1. The minimum Gasteiger partial charge on any atom is -0.454 e. The summed E-state index contributed by atoms with van der Waals surface area (Å²) in [5, 5.41) is 14.4. The zero-order chi connectivity index (χ0) is 28.7. The minimum atomic E-state index is -0.724. The van der Waals surface area contributed by atoms with Gasteiger partial charge in [0.05, 0.1) is 40.8 Å². The summed E-state index contributed by atoms with van der Waals surface area (Å²) in [4.78, 5) is 26.2. The molecule has 6 aromatic rings. The van der Waals surface area contributed by atoms with Crippen LogP contribution in [0.2, 0.25) is 0 Å². The van der Waals surface area contributed by atoms with E-state index >= 15 is 4.39 Å². The zero-order valence-corrected chi connectivity index (χ0v) is 23.4. The van der Waals surface area contributed by atoms with Gasteiger partial charge in [0.25, 0.3) is 11.5 Å². The number of fused-ring (bicyclic) bond motifs is 1. The summed E-state index contributed by atoms with van der Waals surface area (Å²) in [5.74, 6) is -1.57. The molecule has 3 aromatic carbocycles. The smallest absolute Gasteiger partial charge is 0.268 e. The lowest BCUT2D eigenvalue weighted by atomic mass is 10.1. The van der Waals surface area contributed by atoms with Gasteiger partial charge in [0.1, 0.15) is 17.1 Å². The van der Waals surface area contributed by atoms with Crippen LogP contribution in [0.1, 0.15) is 16.1 Å². The quantitative estimate of drug-likeness (QED) is 0.200. The molecule has 0 aliphatic heterocycles. The van der Waals surface area contributed by atoms with Gasteiger partial charge in [-0.1, -0.05) is 0 Å². The number of hydrogen-bond acceptors (Lipinski definition) is 5. The first-order valence-corrected chi connectivity index (χ1v) is 13.2. The van der Waals surface area contributed by atoms with Gasteiger partial charge in [0.15, 0.2) is 11.6 Å². The SMILES string of the molecule is Cc1ccc(C(=O)Nc2ccc(Oc3cc4cnn(I)c4cc3-c3cn[nH]c3)c(F)c2)c(=O)n1-c1ccc(F)cc1. The number of hydrogen-bond donors (Lipinski definition) is 2. The predicted octanol–water partition coefficient (Wildman–Crippen LogP) is 6.41. The number of nitrogens with zero attached hydrogens (tertiary/aromatic N) is 4. The number of aromatic amines is 1. The molecular formula is C29H19F2IN6O3. The van der Waals surface area contributed by atoms with Crippen molar-refractivity contribution in [2.45, 2.75) is 6.92 Å². The van der Waals surface area contributed by atoms with Crippen LogP contribution in [0.5, 0.6) is 11.5 Å². The molecule has 0 unspecified atom stereocenters. The van der Waals surface area contributed by atoms with Gasteiger partial charge in [-0.25, -0.2) is 11.7 Å². The van der Waals surface area contributed by atoms with Gasteiger partial charge < -0.3 is 10.1 Å². The number of aryl methyl sites for hydroxylation is 1. The number of H-pyrrole nitrogens is 1. The third-order valence-corrected chi connectivity index (χ3v) is 7.22. The maximum absolute atomic E-state index is 15.2. The van der Waals surface area contributed by atoms with E-state index in [2.05, 4.69) is 43.5 Å². The number of ether oxygens (including phenoxy) is 1. The van der Waals surface area contributed by atoms with Crippen molar-refractivity contribution < 1.29 is 18.3 Å². The first-order chi connectivity index (χ1) is 19.8. The predicted molar refractivity (Wildman–Crippen MR) is 158 cm³/mol. The fraction of sp³-hybridized carbons (Fsp3) is 0.0345. The van der Waals surface area contributed by atoms with Crippen molar-refractivity contribution in [1.29, 1.82) is 0 Å². The molecule has 0 bridgehead atoms. The Bertz CT molecular complexity index is 1990. The standard InChI is InChI=1S/C29H19F2IN6O3/c1-16-2-8-22(29(40)37(16)21-6-3-19(30)4-7-21)28(39)36-20-5-9-26(24(31)11-20)41-27-10-17-15-35-38(32)25(17)12-23(27)18-13-33-34-14-18/h2-15H,1H3,(H,33,34)(H,36,39). The number of carbonyl (C=O) groups is 1. The monoisotopic (exact) mass is 664 g/mol. The Hall–Kier alpha value is -4.85. The van der Waals surface area contributed by atoms with Crippen molar-refractivity contribution in [1.82, 2.24) is 22.8 Å². The van der Waals surface area contributed by atoms with Crippen LogP contribution < -0.4 is 15.6 Å². The van der Waals surface area contributed by atoms with Crippen molar-refractivity contribution in [2.24, 2.45) is 0 Å². The number of halogens is 3. The summed E-state index contributed by atoms with van der Waals surface area (Å²) in [6, 6.07) is 16.0. The maximum atomic E-state index is 15.2. The lowest BCUT2D eigenvalue weighted by Gasteiger charge is -2.14. The summed E-state index contributed by atoms with van der Waals surface area (Å²) in [6.45, 7) is 1.70. The fourth-order valence-corrected chi connectivity index (χ4v) is 4.97. The summed E-state index contributed by atoms with van der Waals surface area (Å²) in [5.41, 5.74) is 2.62. The average molecular weight is 664 g/mol. The first-order valence-electron chi connectivity index (χ1n) is 12.2. The van der Waals surface area contributed by atoms with Gasteiger partial charge in [-0.2, -0.15) is 10.2 Å². The molecule has 41 heavy (non-hydrogen) atoms. The molecule has 0 saturated heterocycles. The summed E-state index contributed by atoms with van der Waals surface area (Å²) in [6.07, 6.45) is 5.01. The molecule has 0 saturated carbocycles. The minimum absolute atomic E-state index is 0.0667. The van der Waals surface area contributed by atoms with Crippen molar-refractivity contribution in [3.05, 3.63) is 119 Å². The van der Waals surface area contributed by atoms with E-state index in [1.807, 2.05) is 6.07 Å². The third kappa shape index (κ3) is 5.09. The lowest BCUT2D eigenvalue weighted by molar-refractivity contribution is 0.102. The highest BCUT2D eigenvalue weighted by Gasteiger charge is 2.18. The van der Waals surface area contributed by atoms with Crippen LogP contribution in [-0.4, -0.2) is 28.7 Å². The number of nitrogens with one attached hydrogen (secondary N) is 2. The van der Waals surface area contributed by atoms with E-state index in [1.165, 1.54) is 47.0 Å².